The summed E-state index contributed by atoms with van der Waals surface area (Å²) in [7, 11) is -3.35. The Labute approximate surface area is 244 Å². The number of fused-ring (bicyclic) bond motifs is 1. The maximum Gasteiger partial charge on any atom is 0.410 e. The Kier molecular flexibility index (Phi) is 7.85. The van der Waals surface area contributed by atoms with Crippen LogP contribution >= 0.6 is 11.6 Å². The molecule has 1 N–H and O–H groups in total. The second-order valence-electron chi connectivity index (χ2n) is 11.0. The van der Waals surface area contributed by atoms with Gasteiger partial charge < -0.3 is 19.7 Å². The van der Waals surface area contributed by atoms with Crippen LogP contribution in [-0.2, 0) is 14.6 Å². The molecule has 0 unspecified atom stereocenters. The van der Waals surface area contributed by atoms with Gasteiger partial charge in [-0.3, -0.25) is 0 Å². The minimum atomic E-state index is -3.35. The molecule has 12 heteroatoms. The molecule has 1 aliphatic rings. The van der Waals surface area contributed by atoms with Gasteiger partial charge in [-0.25, -0.2) is 22.7 Å². The zero-order valence-electron chi connectivity index (χ0n) is 23.3. The average molecular weight is 598 g/mol. The van der Waals surface area contributed by atoms with Crippen molar-refractivity contribution < 1.29 is 22.7 Å². The number of sulfone groups is 1. The molecular weight excluding hydrogens is 566 g/mol. The largest absolute Gasteiger partial charge is 0.490 e. The summed E-state index contributed by atoms with van der Waals surface area (Å²) < 4.78 is 37.4. The zero-order valence-corrected chi connectivity index (χ0v) is 24.9. The maximum atomic E-state index is 12.6. The molecular formula is C29H32ClN5O5S. The highest BCUT2D eigenvalue weighted by molar-refractivity contribution is 7.90. The van der Waals surface area contributed by atoms with Crippen molar-refractivity contribution in [1.29, 1.82) is 0 Å². The lowest BCUT2D eigenvalue weighted by Crippen LogP contribution is -2.42. The lowest BCUT2D eigenvalue weighted by atomic mass is 10.2. The van der Waals surface area contributed by atoms with Crippen LogP contribution < -0.4 is 10.1 Å². The Bertz CT molecular complexity index is 1700. The van der Waals surface area contributed by atoms with Crippen molar-refractivity contribution in [3.8, 4) is 17.0 Å². The Morgan fingerprint density at radius 3 is 2.71 bits per heavy atom. The van der Waals surface area contributed by atoms with Crippen LogP contribution in [0.25, 0.3) is 16.8 Å². The van der Waals surface area contributed by atoms with Crippen molar-refractivity contribution in [2.75, 3.05) is 24.7 Å². The number of halogens is 1. The summed E-state index contributed by atoms with van der Waals surface area (Å²) in [5.74, 6) is 0.794. The molecule has 0 radical (unpaired) electrons. The number of amides is 1. The number of anilines is 2. The Morgan fingerprint density at radius 2 is 1.95 bits per heavy atom. The van der Waals surface area contributed by atoms with Gasteiger partial charge in [0.15, 0.2) is 9.84 Å². The Morgan fingerprint density at radius 1 is 1.15 bits per heavy atom. The molecule has 1 atom stereocenters. The molecule has 0 saturated carbocycles. The van der Waals surface area contributed by atoms with Gasteiger partial charge >= 0.3 is 6.09 Å². The van der Waals surface area contributed by atoms with Gasteiger partial charge in [0, 0.05) is 30.1 Å². The molecule has 1 amide bonds. The van der Waals surface area contributed by atoms with Gasteiger partial charge in [0.1, 0.15) is 18.0 Å². The summed E-state index contributed by atoms with van der Waals surface area (Å²) >= 11 is 6.43. The van der Waals surface area contributed by atoms with Crippen molar-refractivity contribution in [1.82, 2.24) is 19.5 Å². The molecule has 2 aromatic heterocycles. The van der Waals surface area contributed by atoms with E-state index >= 15 is 0 Å². The SMILES string of the molecule is CC(C)(C)OC(=O)N1CCC[C@H]1COc1cc(Nc2ncc3ccc(-c4cccc(S(C)(=O)=O)c4)n3n2)ccc1Cl. The fourth-order valence-electron chi connectivity index (χ4n) is 4.64. The number of likely N-dealkylation sites (tertiary alicyclic amines) is 1. The molecule has 2 aromatic carbocycles. The quantitative estimate of drug-likeness (QED) is 0.277. The molecule has 0 bridgehead atoms. The van der Waals surface area contributed by atoms with E-state index in [0.29, 0.717) is 34.5 Å². The van der Waals surface area contributed by atoms with Crippen LogP contribution in [0.15, 0.2) is 65.7 Å². The summed E-state index contributed by atoms with van der Waals surface area (Å²) in [4.78, 5) is 19.0. The number of ether oxygens (including phenoxy) is 2. The van der Waals surface area contributed by atoms with Crippen molar-refractivity contribution in [2.45, 2.75) is 50.2 Å². The summed E-state index contributed by atoms with van der Waals surface area (Å²) in [6.07, 6.45) is 4.21. The number of nitrogens with zero attached hydrogens (tertiary/aromatic N) is 4. The molecule has 10 nitrogen and oxygen atoms in total. The number of carbonyl (C=O) groups excluding carboxylic acids is 1. The second-order valence-corrected chi connectivity index (χ2v) is 13.4. The number of nitrogens with one attached hydrogen (secondary N) is 1. The molecule has 3 heterocycles. The van der Waals surface area contributed by atoms with Gasteiger partial charge in [-0.1, -0.05) is 23.7 Å². The first-order chi connectivity index (χ1) is 19.4. The van der Waals surface area contributed by atoms with Crippen LogP contribution in [0, 0.1) is 0 Å². The minimum Gasteiger partial charge on any atom is -0.490 e. The van der Waals surface area contributed by atoms with Gasteiger partial charge in [-0.05, 0) is 70.0 Å². The number of rotatable bonds is 7. The van der Waals surface area contributed by atoms with Gasteiger partial charge in [-0.15, -0.1) is 5.10 Å². The highest BCUT2D eigenvalue weighted by Crippen LogP contribution is 2.31. The molecule has 4 aromatic rings. The summed E-state index contributed by atoms with van der Waals surface area (Å²) in [5, 5.41) is 8.26. The van der Waals surface area contributed by atoms with E-state index in [1.165, 1.54) is 6.26 Å². The first-order valence-electron chi connectivity index (χ1n) is 13.2. The summed E-state index contributed by atoms with van der Waals surface area (Å²) in [6.45, 7) is 6.45. The maximum absolute atomic E-state index is 12.6. The van der Waals surface area contributed by atoms with E-state index < -0.39 is 15.4 Å². The topological polar surface area (TPSA) is 115 Å². The molecule has 5 rings (SSSR count). The van der Waals surface area contributed by atoms with Gasteiger partial charge in [0.25, 0.3) is 0 Å². The Hall–Kier alpha value is -3.83. The first kappa shape index (κ1) is 28.7. The minimum absolute atomic E-state index is 0.114. The molecule has 216 valence electrons. The van der Waals surface area contributed by atoms with Crippen LogP contribution in [0.3, 0.4) is 0 Å². The first-order valence-corrected chi connectivity index (χ1v) is 15.5. The number of hydrogen-bond acceptors (Lipinski definition) is 8. The number of hydrogen-bond donors (Lipinski definition) is 1. The standard InChI is InChI=1S/C29H32ClN5O5S/c1-29(2,3)40-28(36)34-14-6-8-22(34)18-39-26-16-20(10-12-24(26)30)32-27-31-17-21-11-13-25(35(21)33-27)19-7-5-9-23(15-19)41(4,37)38/h5,7,9-13,15-17,22H,6,8,14,18H2,1-4H3,(H,32,33)/t22-/m0/s1. The lowest BCUT2D eigenvalue weighted by Gasteiger charge is -2.28. The van der Waals surface area contributed by atoms with E-state index in [9.17, 15) is 13.2 Å². The predicted molar refractivity (Wildman–Crippen MR) is 158 cm³/mol. The van der Waals surface area contributed by atoms with E-state index in [1.54, 1.807) is 52.0 Å². The molecule has 0 spiro atoms. The zero-order chi connectivity index (χ0) is 29.4. The van der Waals surface area contributed by atoms with E-state index in [-0.39, 0.29) is 23.6 Å². The van der Waals surface area contributed by atoms with Crippen LogP contribution in [0.4, 0.5) is 16.4 Å². The highest BCUT2D eigenvalue weighted by Gasteiger charge is 2.32. The van der Waals surface area contributed by atoms with E-state index in [2.05, 4.69) is 15.4 Å². The molecule has 0 aliphatic carbocycles. The second kappa shape index (κ2) is 11.2. The predicted octanol–water partition coefficient (Wildman–Crippen LogP) is 5.98. The Balaban J connectivity index is 1.32. The fourth-order valence-corrected chi connectivity index (χ4v) is 5.48. The fraction of sp³-hybridized carbons (Fsp3) is 0.345. The van der Waals surface area contributed by atoms with Crippen LogP contribution in [0.1, 0.15) is 33.6 Å². The van der Waals surface area contributed by atoms with Crippen LogP contribution in [0.2, 0.25) is 5.02 Å². The van der Waals surface area contributed by atoms with E-state index in [1.807, 2.05) is 39.0 Å². The normalized spacial score (nSPS) is 15.7. The third-order valence-corrected chi connectivity index (χ3v) is 8.00. The van der Waals surface area contributed by atoms with E-state index in [0.717, 1.165) is 24.1 Å². The number of aromatic nitrogens is 3. The third-order valence-electron chi connectivity index (χ3n) is 6.58. The molecule has 1 aliphatic heterocycles. The molecule has 1 saturated heterocycles. The third kappa shape index (κ3) is 6.74. The van der Waals surface area contributed by atoms with E-state index in [4.69, 9.17) is 21.1 Å². The van der Waals surface area contributed by atoms with Crippen molar-refractivity contribution >= 4 is 44.7 Å². The number of carbonyl (C=O) groups is 1. The van der Waals surface area contributed by atoms with Crippen molar-refractivity contribution in [3.63, 3.8) is 0 Å². The van der Waals surface area contributed by atoms with Gasteiger partial charge in [0.05, 0.1) is 33.4 Å². The van der Waals surface area contributed by atoms with Crippen LogP contribution in [0.5, 0.6) is 5.75 Å². The van der Waals surface area contributed by atoms with Crippen molar-refractivity contribution in [2.24, 2.45) is 0 Å². The summed E-state index contributed by atoms with van der Waals surface area (Å²) in [5.41, 5.74) is 2.28. The smallest absolute Gasteiger partial charge is 0.410 e. The monoisotopic (exact) mass is 597 g/mol. The molecule has 1 fully saturated rings. The average Bonchev–Trinajstić information content (AvgIpc) is 3.55. The van der Waals surface area contributed by atoms with Crippen LogP contribution in [-0.4, -0.2) is 65.1 Å². The number of benzene rings is 2. The summed E-state index contributed by atoms with van der Waals surface area (Å²) in [6, 6.07) is 15.6. The van der Waals surface area contributed by atoms with Crippen molar-refractivity contribution in [3.05, 3.63) is 65.8 Å². The highest BCUT2D eigenvalue weighted by atomic mass is 35.5. The lowest BCUT2D eigenvalue weighted by molar-refractivity contribution is 0.0187. The van der Waals surface area contributed by atoms with Gasteiger partial charge in [0.2, 0.25) is 5.95 Å². The molecule has 41 heavy (non-hydrogen) atoms. The van der Waals surface area contributed by atoms with Gasteiger partial charge in [-0.2, -0.15) is 0 Å².